The van der Waals surface area contributed by atoms with Crippen LogP contribution in [0.5, 0.6) is 5.75 Å². The molecule has 2 aromatic rings. The molecule has 5 heteroatoms. The summed E-state index contributed by atoms with van der Waals surface area (Å²) in [5.74, 6) is 2.08. The number of fused-ring (bicyclic) bond motifs is 1. The third-order valence-corrected chi connectivity index (χ3v) is 4.20. The molecule has 0 bridgehead atoms. The van der Waals surface area contributed by atoms with Crippen molar-refractivity contribution in [3.63, 3.8) is 0 Å². The summed E-state index contributed by atoms with van der Waals surface area (Å²) in [7, 11) is 0. The van der Waals surface area contributed by atoms with E-state index < -0.39 is 0 Å². The van der Waals surface area contributed by atoms with Gasteiger partial charge in [-0.3, -0.25) is 4.79 Å². The van der Waals surface area contributed by atoms with Crippen LogP contribution >= 0.6 is 0 Å². The number of nitrogens with zero attached hydrogens (tertiary/aromatic N) is 1. The van der Waals surface area contributed by atoms with Crippen LogP contribution in [0.4, 0.5) is 0 Å². The standard InChI is InChI=1S/C19H24N2O3/c1-13(2)9-16-11-17(24-21-16)12-20-19(22)15-7-8-23-18-6-4-3-5-14(18)10-15/h3-6,11,13,15H,7-10,12H2,1-2H3,(H,20,22). The maximum absolute atomic E-state index is 12.5. The molecule has 0 saturated carbocycles. The lowest BCUT2D eigenvalue weighted by molar-refractivity contribution is -0.125. The van der Waals surface area contributed by atoms with Crippen molar-refractivity contribution in [2.24, 2.45) is 11.8 Å². The Morgan fingerprint density at radius 2 is 2.21 bits per heavy atom. The van der Waals surface area contributed by atoms with Gasteiger partial charge in [-0.2, -0.15) is 0 Å². The minimum Gasteiger partial charge on any atom is -0.493 e. The highest BCUT2D eigenvalue weighted by atomic mass is 16.5. The van der Waals surface area contributed by atoms with Crippen LogP contribution in [-0.2, 0) is 24.2 Å². The van der Waals surface area contributed by atoms with Gasteiger partial charge in [-0.05, 0) is 36.8 Å². The number of carbonyl (C=O) groups is 1. The molecule has 1 aliphatic rings. The molecular weight excluding hydrogens is 304 g/mol. The minimum absolute atomic E-state index is 0.0390. The molecule has 3 rings (SSSR count). The predicted octanol–water partition coefficient (Wildman–Crippen LogP) is 3.13. The molecule has 1 aromatic carbocycles. The van der Waals surface area contributed by atoms with Crippen LogP contribution in [0.3, 0.4) is 0 Å². The van der Waals surface area contributed by atoms with Crippen molar-refractivity contribution in [2.75, 3.05) is 6.61 Å². The molecule has 1 amide bonds. The van der Waals surface area contributed by atoms with E-state index in [9.17, 15) is 4.79 Å². The molecule has 1 N–H and O–H groups in total. The quantitative estimate of drug-likeness (QED) is 0.916. The summed E-state index contributed by atoms with van der Waals surface area (Å²) >= 11 is 0. The molecule has 2 heterocycles. The van der Waals surface area contributed by atoms with E-state index in [4.69, 9.17) is 9.26 Å². The zero-order chi connectivity index (χ0) is 16.9. The van der Waals surface area contributed by atoms with Crippen LogP contribution in [0.1, 0.15) is 37.3 Å². The molecular formula is C19H24N2O3. The maximum Gasteiger partial charge on any atom is 0.223 e. The van der Waals surface area contributed by atoms with Gasteiger partial charge >= 0.3 is 0 Å². The SMILES string of the molecule is CC(C)Cc1cc(CNC(=O)C2CCOc3ccccc3C2)on1. The molecule has 1 atom stereocenters. The smallest absolute Gasteiger partial charge is 0.223 e. The number of para-hydroxylation sites is 1. The molecule has 5 nitrogen and oxygen atoms in total. The second-order valence-corrected chi connectivity index (χ2v) is 6.75. The number of amides is 1. The van der Waals surface area contributed by atoms with Crippen LogP contribution in [-0.4, -0.2) is 17.7 Å². The number of nitrogens with one attached hydrogen (secondary N) is 1. The van der Waals surface area contributed by atoms with E-state index in [1.54, 1.807) is 0 Å². The molecule has 1 aromatic heterocycles. The highest BCUT2D eigenvalue weighted by Gasteiger charge is 2.23. The zero-order valence-corrected chi connectivity index (χ0v) is 14.2. The highest BCUT2D eigenvalue weighted by Crippen LogP contribution is 2.26. The van der Waals surface area contributed by atoms with E-state index in [0.29, 0.717) is 31.3 Å². The van der Waals surface area contributed by atoms with E-state index in [1.807, 2.05) is 30.3 Å². The van der Waals surface area contributed by atoms with Gasteiger partial charge in [-0.1, -0.05) is 37.2 Å². The Kier molecular flexibility index (Phi) is 5.18. The first kappa shape index (κ1) is 16.6. The fraction of sp³-hybridized carbons (Fsp3) is 0.474. The Morgan fingerprint density at radius 1 is 1.38 bits per heavy atom. The number of hydrogen-bond acceptors (Lipinski definition) is 4. The Hall–Kier alpha value is -2.30. The minimum atomic E-state index is -0.0771. The van der Waals surface area contributed by atoms with Crippen molar-refractivity contribution in [3.05, 3.63) is 47.3 Å². The van der Waals surface area contributed by atoms with Crippen LogP contribution in [0.15, 0.2) is 34.9 Å². The average Bonchev–Trinajstić information content (AvgIpc) is 2.88. The number of benzene rings is 1. The van der Waals surface area contributed by atoms with Crippen molar-refractivity contribution in [1.29, 1.82) is 0 Å². The van der Waals surface area contributed by atoms with Crippen LogP contribution in [0.25, 0.3) is 0 Å². The van der Waals surface area contributed by atoms with Gasteiger partial charge in [0.25, 0.3) is 0 Å². The molecule has 1 aliphatic heterocycles. The summed E-state index contributed by atoms with van der Waals surface area (Å²) in [6.07, 6.45) is 2.31. The number of ether oxygens (including phenoxy) is 1. The second kappa shape index (κ2) is 7.51. The first-order valence-corrected chi connectivity index (χ1v) is 8.54. The molecule has 0 saturated heterocycles. The number of aromatic nitrogens is 1. The van der Waals surface area contributed by atoms with Crippen molar-refractivity contribution < 1.29 is 14.1 Å². The van der Waals surface area contributed by atoms with E-state index in [1.165, 1.54) is 0 Å². The molecule has 0 aliphatic carbocycles. The topological polar surface area (TPSA) is 64.4 Å². The van der Waals surface area contributed by atoms with Gasteiger partial charge in [0.05, 0.1) is 18.8 Å². The van der Waals surface area contributed by atoms with Crippen LogP contribution < -0.4 is 10.1 Å². The molecule has 0 spiro atoms. The normalized spacial score (nSPS) is 17.0. The van der Waals surface area contributed by atoms with Gasteiger partial charge < -0.3 is 14.6 Å². The van der Waals surface area contributed by atoms with Gasteiger partial charge in [0, 0.05) is 12.0 Å². The lowest BCUT2D eigenvalue weighted by Gasteiger charge is -2.13. The highest BCUT2D eigenvalue weighted by molar-refractivity contribution is 5.79. The van der Waals surface area contributed by atoms with Gasteiger partial charge in [-0.25, -0.2) is 0 Å². The third kappa shape index (κ3) is 4.16. The second-order valence-electron chi connectivity index (χ2n) is 6.75. The number of rotatable bonds is 5. The summed E-state index contributed by atoms with van der Waals surface area (Å²) in [4.78, 5) is 12.5. The van der Waals surface area contributed by atoms with Gasteiger partial charge in [-0.15, -0.1) is 0 Å². The van der Waals surface area contributed by atoms with E-state index >= 15 is 0 Å². The Bertz CT molecular complexity index is 693. The summed E-state index contributed by atoms with van der Waals surface area (Å²) in [6.45, 7) is 5.23. The average molecular weight is 328 g/mol. The molecule has 24 heavy (non-hydrogen) atoms. The molecule has 0 radical (unpaired) electrons. The Balaban J connectivity index is 1.56. The summed E-state index contributed by atoms with van der Waals surface area (Å²) < 4.78 is 11.0. The lowest BCUT2D eigenvalue weighted by Crippen LogP contribution is -2.31. The van der Waals surface area contributed by atoms with Crippen molar-refractivity contribution in [2.45, 2.75) is 39.7 Å². The van der Waals surface area contributed by atoms with E-state index in [0.717, 1.165) is 29.8 Å². The van der Waals surface area contributed by atoms with Gasteiger partial charge in [0.15, 0.2) is 5.76 Å². The van der Waals surface area contributed by atoms with Gasteiger partial charge in [0.2, 0.25) is 5.91 Å². The monoisotopic (exact) mass is 328 g/mol. The molecule has 0 fully saturated rings. The first-order chi connectivity index (χ1) is 11.6. The van der Waals surface area contributed by atoms with Crippen molar-refractivity contribution in [1.82, 2.24) is 10.5 Å². The van der Waals surface area contributed by atoms with Crippen molar-refractivity contribution in [3.8, 4) is 5.75 Å². The first-order valence-electron chi connectivity index (χ1n) is 8.54. The largest absolute Gasteiger partial charge is 0.493 e. The maximum atomic E-state index is 12.5. The van der Waals surface area contributed by atoms with Crippen LogP contribution in [0, 0.1) is 11.8 Å². The third-order valence-electron chi connectivity index (χ3n) is 4.20. The zero-order valence-electron chi connectivity index (χ0n) is 14.2. The fourth-order valence-corrected chi connectivity index (χ4v) is 2.99. The van der Waals surface area contributed by atoms with Gasteiger partial charge in [0.1, 0.15) is 5.75 Å². The summed E-state index contributed by atoms with van der Waals surface area (Å²) in [5.41, 5.74) is 2.03. The van der Waals surface area contributed by atoms with Crippen LogP contribution in [0.2, 0.25) is 0 Å². The number of carbonyl (C=O) groups excluding carboxylic acids is 1. The van der Waals surface area contributed by atoms with Crippen molar-refractivity contribution >= 4 is 5.91 Å². The lowest BCUT2D eigenvalue weighted by atomic mass is 9.96. The summed E-state index contributed by atoms with van der Waals surface area (Å²) in [5, 5.41) is 7.01. The Labute approximate surface area is 142 Å². The number of hydrogen-bond donors (Lipinski definition) is 1. The fourth-order valence-electron chi connectivity index (χ4n) is 2.99. The predicted molar refractivity (Wildman–Crippen MR) is 90.6 cm³/mol. The Morgan fingerprint density at radius 3 is 3.04 bits per heavy atom. The van der Waals surface area contributed by atoms with E-state index in [-0.39, 0.29) is 11.8 Å². The van der Waals surface area contributed by atoms with E-state index in [2.05, 4.69) is 24.3 Å². The molecule has 1 unspecified atom stereocenters. The summed E-state index contributed by atoms with van der Waals surface area (Å²) in [6, 6.07) is 9.84. The molecule has 128 valence electrons.